The average molecular weight is 578 g/mol. The molecule has 1 aromatic carbocycles. The molecule has 0 atom stereocenters. The normalized spacial score (nSPS) is 16.0. The lowest BCUT2D eigenvalue weighted by Crippen LogP contribution is -2.42. The summed E-state index contributed by atoms with van der Waals surface area (Å²) in [5.74, 6) is 0.547. The zero-order valence-electron chi connectivity index (χ0n) is 24.2. The van der Waals surface area contributed by atoms with Crippen molar-refractivity contribution in [3.05, 3.63) is 88.1 Å². The lowest BCUT2D eigenvalue weighted by molar-refractivity contribution is -0.111. The molecule has 0 radical (unpaired) electrons. The molecule has 0 saturated heterocycles. The van der Waals surface area contributed by atoms with Gasteiger partial charge in [0.25, 0.3) is 11.5 Å². The first-order valence-corrected chi connectivity index (χ1v) is 14.2. The Morgan fingerprint density at radius 1 is 1.12 bits per heavy atom. The number of anilines is 4. The summed E-state index contributed by atoms with van der Waals surface area (Å²) in [5.41, 5.74) is 6.13. The molecule has 11 heteroatoms. The quantitative estimate of drug-likeness (QED) is 0.341. The Kier molecular flexibility index (Phi) is 6.01. The Balaban J connectivity index is 1.23. The number of nitrogens with zero attached hydrogens (tertiary/aromatic N) is 5. The van der Waals surface area contributed by atoms with Crippen LogP contribution in [0.5, 0.6) is 5.88 Å². The van der Waals surface area contributed by atoms with Crippen molar-refractivity contribution in [2.75, 3.05) is 22.1 Å². The van der Waals surface area contributed by atoms with Crippen LogP contribution in [0, 0.1) is 5.41 Å². The van der Waals surface area contributed by atoms with Crippen molar-refractivity contribution in [3.63, 3.8) is 0 Å². The summed E-state index contributed by atoms with van der Waals surface area (Å²) < 4.78 is 9.68. The average Bonchev–Trinajstić information content (AvgIpc) is 3.48. The van der Waals surface area contributed by atoms with Crippen molar-refractivity contribution in [2.24, 2.45) is 12.5 Å². The third-order valence-corrected chi connectivity index (χ3v) is 8.34. The van der Waals surface area contributed by atoms with Gasteiger partial charge in [0.15, 0.2) is 5.82 Å². The molecule has 43 heavy (non-hydrogen) atoms. The van der Waals surface area contributed by atoms with Gasteiger partial charge in [-0.05, 0) is 60.2 Å². The maximum atomic E-state index is 13.8. The molecule has 1 aliphatic carbocycles. The molecule has 0 unspecified atom stereocenters. The Labute approximate surface area is 247 Å². The lowest BCUT2D eigenvalue weighted by atomic mass is 9.90. The molecule has 4 aromatic rings. The zero-order valence-corrected chi connectivity index (χ0v) is 24.2. The number of aromatic nitrogens is 4. The number of benzene rings is 1. The van der Waals surface area contributed by atoms with Crippen LogP contribution in [-0.4, -0.2) is 37.5 Å². The van der Waals surface area contributed by atoms with Gasteiger partial charge in [0.2, 0.25) is 11.8 Å². The summed E-state index contributed by atoms with van der Waals surface area (Å²) in [4.78, 5) is 49.9. The van der Waals surface area contributed by atoms with E-state index in [1.165, 1.54) is 21.9 Å². The minimum absolute atomic E-state index is 0.0793. The molecule has 7 rings (SSSR count). The van der Waals surface area contributed by atoms with Gasteiger partial charge in [-0.1, -0.05) is 26.5 Å². The van der Waals surface area contributed by atoms with Crippen LogP contribution in [0.1, 0.15) is 41.2 Å². The molecule has 218 valence electrons. The van der Waals surface area contributed by atoms with Crippen molar-refractivity contribution >= 4 is 34.8 Å². The standard InChI is InChI=1S/C32H31N7O4/c1-5-25(40)34-19-7-6-8-20(14-19)35-27-30(42)37(4)31-26(36-27)21-9-10-33-28(22(21)17-43-31)39-12-11-38-23(29(39)41)13-18-15-32(2,3)16-24(18)38/h5-10,13-14H,1,11-12,15-17H2,2-4H3,(H,34,40)(H,35,36). The fourth-order valence-electron chi connectivity index (χ4n) is 6.38. The van der Waals surface area contributed by atoms with E-state index in [9.17, 15) is 14.4 Å². The molecule has 0 fully saturated rings. The minimum atomic E-state index is -0.375. The predicted molar refractivity (Wildman–Crippen MR) is 163 cm³/mol. The number of amides is 2. The van der Waals surface area contributed by atoms with Crippen molar-refractivity contribution in [1.29, 1.82) is 0 Å². The molecule has 0 bridgehead atoms. The molecular formula is C32H31N7O4. The highest BCUT2D eigenvalue weighted by atomic mass is 16.5. The van der Waals surface area contributed by atoms with Crippen LogP contribution >= 0.6 is 0 Å². The Bertz CT molecular complexity index is 1920. The number of rotatable bonds is 5. The molecule has 5 heterocycles. The first-order chi connectivity index (χ1) is 20.6. The van der Waals surface area contributed by atoms with E-state index in [0.717, 1.165) is 24.0 Å². The highest BCUT2D eigenvalue weighted by Crippen LogP contribution is 2.42. The van der Waals surface area contributed by atoms with Gasteiger partial charge < -0.3 is 19.9 Å². The maximum Gasteiger partial charge on any atom is 0.296 e. The van der Waals surface area contributed by atoms with E-state index in [1.54, 1.807) is 42.4 Å². The van der Waals surface area contributed by atoms with Crippen LogP contribution in [0.3, 0.4) is 0 Å². The van der Waals surface area contributed by atoms with Crippen molar-refractivity contribution < 1.29 is 14.3 Å². The largest absolute Gasteiger partial charge is 0.472 e. The number of fused-ring (bicyclic) bond motifs is 6. The van der Waals surface area contributed by atoms with Gasteiger partial charge in [0, 0.05) is 54.5 Å². The molecule has 3 aromatic heterocycles. The van der Waals surface area contributed by atoms with E-state index >= 15 is 0 Å². The van der Waals surface area contributed by atoms with E-state index in [0.29, 0.717) is 47.5 Å². The van der Waals surface area contributed by atoms with Crippen LogP contribution in [0.15, 0.2) is 60.0 Å². The van der Waals surface area contributed by atoms with Crippen molar-refractivity contribution in [2.45, 2.75) is 39.8 Å². The van der Waals surface area contributed by atoms with Gasteiger partial charge in [0.1, 0.15) is 23.8 Å². The third kappa shape index (κ3) is 4.39. The summed E-state index contributed by atoms with van der Waals surface area (Å²) in [7, 11) is 1.63. The molecule has 2 amide bonds. The number of pyridine rings is 1. The number of carbonyl (C=O) groups excluding carboxylic acids is 2. The van der Waals surface area contributed by atoms with Crippen LogP contribution in [0.2, 0.25) is 0 Å². The van der Waals surface area contributed by atoms with Crippen molar-refractivity contribution in [3.8, 4) is 17.1 Å². The summed E-state index contributed by atoms with van der Waals surface area (Å²) in [6, 6.07) is 10.8. The summed E-state index contributed by atoms with van der Waals surface area (Å²) in [6.07, 6.45) is 4.78. The summed E-state index contributed by atoms with van der Waals surface area (Å²) in [5, 5.41) is 5.79. The Morgan fingerprint density at radius 3 is 2.74 bits per heavy atom. The van der Waals surface area contributed by atoms with Gasteiger partial charge in [-0.15, -0.1) is 0 Å². The number of nitrogens with one attached hydrogen (secondary N) is 2. The number of hydrogen-bond donors (Lipinski definition) is 2. The van der Waals surface area contributed by atoms with E-state index in [-0.39, 0.29) is 35.2 Å². The predicted octanol–water partition coefficient (Wildman–Crippen LogP) is 4.19. The number of hydrogen-bond acceptors (Lipinski definition) is 7. The van der Waals surface area contributed by atoms with E-state index in [1.807, 2.05) is 12.1 Å². The second-order valence-electron chi connectivity index (χ2n) is 12.0. The van der Waals surface area contributed by atoms with Gasteiger partial charge >= 0.3 is 0 Å². The van der Waals surface area contributed by atoms with E-state index in [4.69, 9.17) is 9.72 Å². The highest BCUT2D eigenvalue weighted by Gasteiger charge is 2.38. The monoisotopic (exact) mass is 577 g/mol. The van der Waals surface area contributed by atoms with Gasteiger partial charge in [-0.2, -0.15) is 0 Å². The number of ether oxygens (including phenoxy) is 1. The molecule has 0 spiro atoms. The molecular weight excluding hydrogens is 546 g/mol. The van der Waals surface area contributed by atoms with Crippen LogP contribution in [-0.2, 0) is 37.8 Å². The molecule has 3 aliphatic rings. The first-order valence-electron chi connectivity index (χ1n) is 14.2. The topological polar surface area (TPSA) is 123 Å². The first kappa shape index (κ1) is 26.7. The highest BCUT2D eigenvalue weighted by molar-refractivity contribution is 6.06. The molecule has 0 saturated carbocycles. The minimum Gasteiger partial charge on any atom is -0.472 e. The fourth-order valence-corrected chi connectivity index (χ4v) is 6.38. The maximum absolute atomic E-state index is 13.8. The summed E-state index contributed by atoms with van der Waals surface area (Å²) >= 11 is 0. The fraction of sp³-hybridized carbons (Fsp3) is 0.281. The van der Waals surface area contributed by atoms with Crippen LogP contribution in [0.25, 0.3) is 11.3 Å². The summed E-state index contributed by atoms with van der Waals surface area (Å²) in [6.45, 7) is 9.34. The SMILES string of the molecule is C=CC(=O)Nc1cccc(Nc2nc3c(n(C)c2=O)OCc2c-3ccnc2N2CCn3c(cc4c3CC(C)(C)C4)C2=O)c1. The number of carbonyl (C=O) groups is 2. The van der Waals surface area contributed by atoms with Gasteiger partial charge in [-0.3, -0.25) is 23.9 Å². The van der Waals surface area contributed by atoms with Gasteiger partial charge in [0.05, 0.1) is 0 Å². The second kappa shape index (κ2) is 9.69. The van der Waals surface area contributed by atoms with Crippen LogP contribution in [0.4, 0.5) is 23.0 Å². The second-order valence-corrected chi connectivity index (χ2v) is 12.0. The van der Waals surface area contributed by atoms with E-state index < -0.39 is 0 Å². The van der Waals surface area contributed by atoms with Crippen LogP contribution < -0.4 is 25.8 Å². The van der Waals surface area contributed by atoms with Gasteiger partial charge in [-0.25, -0.2) is 9.97 Å². The Hall–Kier alpha value is -5.19. The third-order valence-electron chi connectivity index (χ3n) is 8.34. The lowest BCUT2D eigenvalue weighted by Gasteiger charge is -2.32. The van der Waals surface area contributed by atoms with E-state index in [2.05, 4.69) is 40.6 Å². The Morgan fingerprint density at radius 2 is 1.93 bits per heavy atom. The molecule has 2 aliphatic heterocycles. The molecule has 11 nitrogen and oxygen atoms in total. The molecule has 2 N–H and O–H groups in total. The zero-order chi connectivity index (χ0) is 30.0. The smallest absolute Gasteiger partial charge is 0.296 e. The van der Waals surface area contributed by atoms with Crippen molar-refractivity contribution in [1.82, 2.24) is 19.1 Å².